The van der Waals surface area contributed by atoms with E-state index in [1.165, 1.54) is 12.1 Å². The van der Waals surface area contributed by atoms with Crippen molar-refractivity contribution in [3.63, 3.8) is 0 Å². The highest BCUT2D eigenvalue weighted by Crippen LogP contribution is 2.19. The minimum absolute atomic E-state index is 0.0472. The predicted octanol–water partition coefficient (Wildman–Crippen LogP) is 3.15. The Morgan fingerprint density at radius 3 is 2.75 bits per heavy atom. The number of likely N-dealkylation sites (tertiary alicyclic amines) is 1. The number of piperidine rings is 1. The molecule has 1 aliphatic rings. The molecule has 110 valence electrons. The van der Waals surface area contributed by atoms with Crippen molar-refractivity contribution in [1.82, 2.24) is 4.90 Å². The van der Waals surface area contributed by atoms with Crippen molar-refractivity contribution in [3.05, 3.63) is 34.4 Å². The number of nitrogens with zero attached hydrogens (tertiary/aromatic N) is 2. The van der Waals surface area contributed by atoms with Crippen molar-refractivity contribution in [2.75, 3.05) is 19.7 Å². The quantitative estimate of drug-likeness (QED) is 0.348. The molecular weight excluding hydrogens is 263 g/mol. The van der Waals surface area contributed by atoms with Crippen LogP contribution in [0.3, 0.4) is 0 Å². The molecule has 1 aromatic carbocycles. The van der Waals surface area contributed by atoms with Crippen LogP contribution in [-0.4, -0.2) is 35.8 Å². The molecule has 1 aromatic rings. The SMILES string of the molecule is O=[N+]([O-])c1ccc(OCCCN2CCCCC2F)cc1. The van der Waals surface area contributed by atoms with E-state index in [1.54, 1.807) is 12.1 Å². The summed E-state index contributed by atoms with van der Waals surface area (Å²) in [6.45, 7) is 1.99. The van der Waals surface area contributed by atoms with Gasteiger partial charge in [0.15, 0.2) is 6.30 Å². The zero-order chi connectivity index (χ0) is 14.4. The Hall–Kier alpha value is -1.69. The van der Waals surface area contributed by atoms with Crippen LogP contribution in [0.25, 0.3) is 0 Å². The Bertz CT molecular complexity index is 439. The first-order valence-corrected chi connectivity index (χ1v) is 6.92. The molecule has 0 aromatic heterocycles. The van der Waals surface area contributed by atoms with E-state index in [1.807, 2.05) is 4.90 Å². The molecule has 2 rings (SSSR count). The fourth-order valence-electron chi connectivity index (χ4n) is 2.32. The number of non-ortho nitro benzene ring substituents is 1. The van der Waals surface area contributed by atoms with Crippen LogP contribution < -0.4 is 4.74 Å². The number of benzene rings is 1. The van der Waals surface area contributed by atoms with Gasteiger partial charge in [0.1, 0.15) is 5.75 Å². The number of hydrogen-bond acceptors (Lipinski definition) is 4. The second-order valence-corrected chi connectivity index (χ2v) is 4.92. The molecule has 0 amide bonds. The Morgan fingerprint density at radius 2 is 2.10 bits per heavy atom. The molecular formula is C14H19FN2O3. The summed E-state index contributed by atoms with van der Waals surface area (Å²) in [5.41, 5.74) is 0.0472. The summed E-state index contributed by atoms with van der Waals surface area (Å²) >= 11 is 0. The molecule has 5 nitrogen and oxygen atoms in total. The van der Waals surface area contributed by atoms with Gasteiger partial charge in [-0.05, 0) is 37.8 Å². The smallest absolute Gasteiger partial charge is 0.269 e. The standard InChI is InChI=1S/C14H19FN2O3/c15-14-4-1-2-9-16(14)10-3-11-20-13-7-5-12(6-8-13)17(18)19/h5-8,14H,1-4,9-11H2. The highest BCUT2D eigenvalue weighted by atomic mass is 19.1. The summed E-state index contributed by atoms with van der Waals surface area (Å²) in [7, 11) is 0. The monoisotopic (exact) mass is 282 g/mol. The third-order valence-electron chi connectivity index (χ3n) is 3.44. The minimum atomic E-state index is -0.817. The number of ether oxygens (including phenoxy) is 1. The van der Waals surface area contributed by atoms with Gasteiger partial charge in [-0.15, -0.1) is 0 Å². The number of halogens is 1. The van der Waals surface area contributed by atoms with Crippen molar-refractivity contribution in [2.24, 2.45) is 0 Å². The molecule has 1 atom stereocenters. The van der Waals surface area contributed by atoms with E-state index in [-0.39, 0.29) is 5.69 Å². The van der Waals surface area contributed by atoms with Gasteiger partial charge in [-0.1, -0.05) is 0 Å². The first kappa shape index (κ1) is 14.7. The van der Waals surface area contributed by atoms with Gasteiger partial charge in [-0.3, -0.25) is 15.0 Å². The normalized spacial score (nSPS) is 19.8. The third kappa shape index (κ3) is 4.16. The Balaban J connectivity index is 1.69. The molecule has 1 fully saturated rings. The molecule has 0 spiro atoms. The summed E-state index contributed by atoms with van der Waals surface area (Å²) in [6.07, 6.45) is 2.59. The summed E-state index contributed by atoms with van der Waals surface area (Å²) in [6, 6.07) is 5.99. The van der Waals surface area contributed by atoms with E-state index in [2.05, 4.69) is 0 Å². The summed E-state index contributed by atoms with van der Waals surface area (Å²) in [5.74, 6) is 0.603. The van der Waals surface area contributed by atoms with Crippen LogP contribution in [0.2, 0.25) is 0 Å². The molecule has 1 unspecified atom stereocenters. The number of nitro benzene ring substituents is 1. The van der Waals surface area contributed by atoms with Gasteiger partial charge in [0, 0.05) is 25.2 Å². The van der Waals surface area contributed by atoms with E-state index in [0.29, 0.717) is 25.3 Å². The molecule has 0 N–H and O–H groups in total. The van der Waals surface area contributed by atoms with Crippen LogP contribution in [0.15, 0.2) is 24.3 Å². The Labute approximate surface area is 117 Å². The maximum Gasteiger partial charge on any atom is 0.269 e. The van der Waals surface area contributed by atoms with E-state index < -0.39 is 11.2 Å². The van der Waals surface area contributed by atoms with Gasteiger partial charge in [-0.25, -0.2) is 4.39 Å². The molecule has 1 heterocycles. The predicted molar refractivity (Wildman–Crippen MR) is 73.5 cm³/mol. The minimum Gasteiger partial charge on any atom is -0.494 e. The second kappa shape index (κ2) is 7.19. The highest BCUT2D eigenvalue weighted by Gasteiger charge is 2.20. The van der Waals surface area contributed by atoms with Gasteiger partial charge in [0.25, 0.3) is 5.69 Å². The van der Waals surface area contributed by atoms with Crippen LogP contribution in [0, 0.1) is 10.1 Å². The molecule has 6 heteroatoms. The average molecular weight is 282 g/mol. The van der Waals surface area contributed by atoms with Crippen LogP contribution in [0.1, 0.15) is 25.7 Å². The lowest BCUT2D eigenvalue weighted by molar-refractivity contribution is -0.384. The number of rotatable bonds is 6. The van der Waals surface area contributed by atoms with Crippen LogP contribution in [0.5, 0.6) is 5.75 Å². The fraction of sp³-hybridized carbons (Fsp3) is 0.571. The third-order valence-corrected chi connectivity index (χ3v) is 3.44. The number of hydrogen-bond donors (Lipinski definition) is 0. The average Bonchev–Trinajstić information content (AvgIpc) is 2.46. The number of alkyl halides is 1. The first-order valence-electron chi connectivity index (χ1n) is 6.92. The van der Waals surface area contributed by atoms with Gasteiger partial charge < -0.3 is 4.74 Å². The van der Waals surface area contributed by atoms with Gasteiger partial charge in [0.05, 0.1) is 11.5 Å². The lowest BCUT2D eigenvalue weighted by Crippen LogP contribution is -2.37. The van der Waals surface area contributed by atoms with Gasteiger partial charge in [-0.2, -0.15) is 0 Å². The van der Waals surface area contributed by atoms with Crippen molar-refractivity contribution in [1.29, 1.82) is 0 Å². The van der Waals surface area contributed by atoms with Crippen LogP contribution in [-0.2, 0) is 0 Å². The van der Waals surface area contributed by atoms with Crippen LogP contribution in [0.4, 0.5) is 10.1 Å². The lowest BCUT2D eigenvalue weighted by Gasteiger charge is -2.30. The molecule has 1 saturated heterocycles. The number of nitro groups is 1. The molecule has 0 saturated carbocycles. The van der Waals surface area contributed by atoms with Gasteiger partial charge in [0.2, 0.25) is 0 Å². The molecule has 0 bridgehead atoms. The first-order chi connectivity index (χ1) is 9.66. The highest BCUT2D eigenvalue weighted by molar-refractivity contribution is 5.35. The lowest BCUT2D eigenvalue weighted by atomic mass is 10.1. The van der Waals surface area contributed by atoms with Crippen LogP contribution >= 0.6 is 0 Å². The van der Waals surface area contributed by atoms with Crippen molar-refractivity contribution < 1.29 is 14.1 Å². The van der Waals surface area contributed by atoms with Crippen molar-refractivity contribution in [2.45, 2.75) is 32.0 Å². The molecule has 0 radical (unpaired) electrons. The molecule has 1 aliphatic heterocycles. The van der Waals surface area contributed by atoms with Gasteiger partial charge >= 0.3 is 0 Å². The summed E-state index contributed by atoms with van der Waals surface area (Å²) in [4.78, 5) is 11.9. The largest absolute Gasteiger partial charge is 0.494 e. The van der Waals surface area contributed by atoms with Crippen molar-refractivity contribution >= 4 is 5.69 Å². The Morgan fingerprint density at radius 1 is 1.35 bits per heavy atom. The zero-order valence-corrected chi connectivity index (χ0v) is 11.3. The second-order valence-electron chi connectivity index (χ2n) is 4.92. The summed E-state index contributed by atoms with van der Waals surface area (Å²) < 4.78 is 19.0. The summed E-state index contributed by atoms with van der Waals surface area (Å²) in [5, 5.41) is 10.5. The Kier molecular flexibility index (Phi) is 5.29. The van der Waals surface area contributed by atoms with E-state index in [4.69, 9.17) is 4.74 Å². The van der Waals surface area contributed by atoms with Crippen molar-refractivity contribution in [3.8, 4) is 5.75 Å². The maximum absolute atomic E-state index is 13.5. The van der Waals surface area contributed by atoms with E-state index in [9.17, 15) is 14.5 Å². The van der Waals surface area contributed by atoms with E-state index >= 15 is 0 Å². The zero-order valence-electron chi connectivity index (χ0n) is 11.3. The molecule has 0 aliphatic carbocycles. The maximum atomic E-state index is 13.5. The fourth-order valence-corrected chi connectivity index (χ4v) is 2.32. The topological polar surface area (TPSA) is 55.6 Å². The molecule has 20 heavy (non-hydrogen) atoms. The van der Waals surface area contributed by atoms with E-state index in [0.717, 1.165) is 25.8 Å².